The van der Waals surface area contributed by atoms with E-state index < -0.39 is 5.97 Å². The number of nitrogens with zero attached hydrogens (tertiary/aromatic N) is 4. The van der Waals surface area contributed by atoms with Gasteiger partial charge in [0.1, 0.15) is 0 Å². The normalized spacial score (nSPS) is 10.3. The first-order chi connectivity index (χ1) is 10.1. The van der Waals surface area contributed by atoms with Crippen LogP contribution in [-0.2, 0) is 11.8 Å². The highest BCUT2D eigenvalue weighted by Gasteiger charge is 2.12. The molecule has 2 aromatic rings. The molecule has 0 aliphatic carbocycles. The van der Waals surface area contributed by atoms with Gasteiger partial charge in [0.25, 0.3) is 0 Å². The average molecular weight is 307 g/mol. The van der Waals surface area contributed by atoms with Crippen molar-refractivity contribution in [2.75, 3.05) is 11.1 Å². The molecule has 0 bridgehead atoms. The molecular formula is C12H13N5O3S. The number of carboxylic acids is 1. The van der Waals surface area contributed by atoms with E-state index in [0.717, 1.165) is 0 Å². The van der Waals surface area contributed by atoms with Crippen molar-refractivity contribution in [3.05, 3.63) is 29.8 Å². The lowest BCUT2D eigenvalue weighted by Crippen LogP contribution is -2.15. The molecule has 1 amide bonds. The topological polar surface area (TPSA) is 110 Å². The lowest BCUT2D eigenvalue weighted by molar-refractivity contribution is -0.115. The SMILES string of the molecule is Cn1nnnc1SCCC(=O)Nc1ccccc1C(=O)O. The van der Waals surface area contributed by atoms with Gasteiger partial charge in [-0.3, -0.25) is 4.79 Å². The predicted molar refractivity (Wildman–Crippen MR) is 76.2 cm³/mol. The molecule has 0 unspecified atom stereocenters. The summed E-state index contributed by atoms with van der Waals surface area (Å²) in [5.74, 6) is -0.841. The van der Waals surface area contributed by atoms with Crippen molar-refractivity contribution < 1.29 is 14.7 Å². The van der Waals surface area contributed by atoms with E-state index >= 15 is 0 Å². The Hall–Kier alpha value is -2.42. The van der Waals surface area contributed by atoms with E-state index in [4.69, 9.17) is 5.11 Å². The first kappa shape index (κ1) is 15.0. The number of tetrazole rings is 1. The quantitative estimate of drug-likeness (QED) is 0.767. The van der Waals surface area contributed by atoms with Gasteiger partial charge < -0.3 is 10.4 Å². The molecule has 2 rings (SSSR count). The second-order valence-electron chi connectivity index (χ2n) is 4.08. The molecule has 0 aliphatic rings. The Morgan fingerprint density at radius 3 is 2.81 bits per heavy atom. The predicted octanol–water partition coefficient (Wildman–Crippen LogP) is 1.03. The number of aryl methyl sites for hydroxylation is 1. The van der Waals surface area contributed by atoms with Crippen LogP contribution < -0.4 is 5.32 Å². The van der Waals surface area contributed by atoms with Crippen molar-refractivity contribution >= 4 is 29.3 Å². The maximum absolute atomic E-state index is 11.8. The molecule has 0 spiro atoms. The van der Waals surface area contributed by atoms with Gasteiger partial charge in [-0.25, -0.2) is 9.48 Å². The second kappa shape index (κ2) is 6.84. The Bertz CT molecular complexity index is 658. The molecule has 1 aromatic heterocycles. The Morgan fingerprint density at radius 1 is 1.38 bits per heavy atom. The largest absolute Gasteiger partial charge is 0.478 e. The summed E-state index contributed by atoms with van der Waals surface area (Å²) in [7, 11) is 1.71. The molecule has 1 heterocycles. The minimum Gasteiger partial charge on any atom is -0.478 e. The Balaban J connectivity index is 1.88. The zero-order valence-corrected chi connectivity index (χ0v) is 12.0. The Kier molecular flexibility index (Phi) is 4.88. The lowest BCUT2D eigenvalue weighted by atomic mass is 10.2. The van der Waals surface area contributed by atoms with Gasteiger partial charge >= 0.3 is 5.97 Å². The highest BCUT2D eigenvalue weighted by atomic mass is 32.2. The maximum Gasteiger partial charge on any atom is 0.337 e. The lowest BCUT2D eigenvalue weighted by Gasteiger charge is -2.07. The first-order valence-corrected chi connectivity index (χ1v) is 7.04. The van der Waals surface area contributed by atoms with E-state index in [-0.39, 0.29) is 17.9 Å². The Labute approximate surface area is 124 Å². The van der Waals surface area contributed by atoms with E-state index in [1.54, 1.807) is 25.2 Å². The zero-order chi connectivity index (χ0) is 15.2. The van der Waals surface area contributed by atoms with Gasteiger partial charge in [-0.1, -0.05) is 23.9 Å². The number of hydrogen-bond donors (Lipinski definition) is 2. The standard InChI is InChI=1S/C12H13N5O3S/c1-17-12(14-15-16-17)21-7-6-10(18)13-9-5-3-2-4-8(9)11(19)20/h2-5H,6-7H2,1H3,(H,13,18)(H,19,20). The van der Waals surface area contributed by atoms with Gasteiger partial charge in [-0.2, -0.15) is 0 Å². The second-order valence-corrected chi connectivity index (χ2v) is 5.14. The third-order valence-corrected chi connectivity index (χ3v) is 3.59. The van der Waals surface area contributed by atoms with Crippen molar-refractivity contribution in [3.8, 4) is 0 Å². The van der Waals surface area contributed by atoms with Crippen LogP contribution in [0.15, 0.2) is 29.4 Å². The summed E-state index contributed by atoms with van der Waals surface area (Å²) in [6.45, 7) is 0. The first-order valence-electron chi connectivity index (χ1n) is 6.05. The van der Waals surface area contributed by atoms with Crippen LogP contribution in [0.4, 0.5) is 5.69 Å². The average Bonchev–Trinajstić information content (AvgIpc) is 2.85. The highest BCUT2D eigenvalue weighted by molar-refractivity contribution is 7.99. The molecule has 0 atom stereocenters. The molecule has 0 fully saturated rings. The molecule has 9 heteroatoms. The number of amides is 1. The Morgan fingerprint density at radius 2 is 2.14 bits per heavy atom. The minimum atomic E-state index is -1.08. The van der Waals surface area contributed by atoms with Gasteiger partial charge in [-0.05, 0) is 22.6 Å². The van der Waals surface area contributed by atoms with Gasteiger partial charge in [0, 0.05) is 19.2 Å². The fourth-order valence-electron chi connectivity index (χ4n) is 1.57. The summed E-state index contributed by atoms with van der Waals surface area (Å²) in [5, 5.41) is 23.2. The molecular weight excluding hydrogens is 294 g/mol. The van der Waals surface area contributed by atoms with Crippen LogP contribution in [0.5, 0.6) is 0 Å². The van der Waals surface area contributed by atoms with Crippen LogP contribution in [-0.4, -0.2) is 42.9 Å². The summed E-state index contributed by atoms with van der Waals surface area (Å²) in [6, 6.07) is 6.27. The number of para-hydroxylation sites is 1. The zero-order valence-electron chi connectivity index (χ0n) is 11.2. The van der Waals surface area contributed by atoms with Crippen molar-refractivity contribution in [2.24, 2.45) is 7.05 Å². The third kappa shape index (κ3) is 4.02. The number of carbonyl (C=O) groups is 2. The summed E-state index contributed by atoms with van der Waals surface area (Å²) in [5.41, 5.74) is 0.358. The third-order valence-electron chi connectivity index (χ3n) is 2.57. The molecule has 0 aliphatic heterocycles. The molecule has 0 saturated heterocycles. The van der Waals surface area contributed by atoms with E-state index in [0.29, 0.717) is 16.6 Å². The molecule has 8 nitrogen and oxygen atoms in total. The minimum absolute atomic E-state index is 0.0657. The number of carboxylic acid groups (broad SMARTS) is 1. The van der Waals surface area contributed by atoms with Crippen LogP contribution in [0.1, 0.15) is 16.8 Å². The van der Waals surface area contributed by atoms with Gasteiger partial charge in [-0.15, -0.1) is 5.10 Å². The monoisotopic (exact) mass is 307 g/mol. The summed E-state index contributed by atoms with van der Waals surface area (Å²) in [4.78, 5) is 22.9. The number of rotatable bonds is 6. The van der Waals surface area contributed by atoms with Crippen molar-refractivity contribution in [3.63, 3.8) is 0 Å². The number of aromatic carboxylic acids is 1. The summed E-state index contributed by atoms with van der Waals surface area (Å²) < 4.78 is 1.52. The van der Waals surface area contributed by atoms with Gasteiger partial charge in [0.15, 0.2) is 0 Å². The van der Waals surface area contributed by atoms with Crippen LogP contribution in [0, 0.1) is 0 Å². The molecule has 2 N–H and O–H groups in total. The van der Waals surface area contributed by atoms with Gasteiger partial charge in [0.2, 0.25) is 11.1 Å². The van der Waals surface area contributed by atoms with Crippen LogP contribution in [0.25, 0.3) is 0 Å². The van der Waals surface area contributed by atoms with Gasteiger partial charge in [0.05, 0.1) is 11.3 Å². The van der Waals surface area contributed by atoms with Crippen LogP contribution >= 0.6 is 11.8 Å². The summed E-state index contributed by atoms with van der Waals surface area (Å²) >= 11 is 1.35. The van der Waals surface area contributed by atoms with E-state index in [1.807, 2.05) is 0 Å². The number of aromatic nitrogens is 4. The number of anilines is 1. The molecule has 0 saturated carbocycles. The molecule has 0 radical (unpaired) electrons. The molecule has 1 aromatic carbocycles. The number of hydrogen-bond acceptors (Lipinski definition) is 6. The summed E-state index contributed by atoms with van der Waals surface area (Å²) in [6.07, 6.45) is 0.228. The molecule has 110 valence electrons. The fourth-order valence-corrected chi connectivity index (χ4v) is 2.36. The van der Waals surface area contributed by atoms with E-state index in [2.05, 4.69) is 20.8 Å². The van der Waals surface area contributed by atoms with E-state index in [1.165, 1.54) is 22.5 Å². The maximum atomic E-state index is 11.8. The van der Waals surface area contributed by atoms with Crippen molar-refractivity contribution in [2.45, 2.75) is 11.6 Å². The van der Waals surface area contributed by atoms with Crippen molar-refractivity contribution in [1.29, 1.82) is 0 Å². The molecule has 21 heavy (non-hydrogen) atoms. The van der Waals surface area contributed by atoms with Crippen LogP contribution in [0.3, 0.4) is 0 Å². The number of thioether (sulfide) groups is 1. The van der Waals surface area contributed by atoms with Crippen molar-refractivity contribution in [1.82, 2.24) is 20.2 Å². The fraction of sp³-hybridized carbons (Fsp3) is 0.250. The van der Waals surface area contributed by atoms with E-state index in [9.17, 15) is 9.59 Å². The highest BCUT2D eigenvalue weighted by Crippen LogP contribution is 2.17. The smallest absolute Gasteiger partial charge is 0.337 e. The number of carbonyl (C=O) groups excluding carboxylic acids is 1. The van der Waals surface area contributed by atoms with Crippen LogP contribution in [0.2, 0.25) is 0 Å². The number of nitrogens with one attached hydrogen (secondary N) is 1. The number of benzene rings is 1.